The molecule has 8 nitrogen and oxygen atoms in total. The lowest BCUT2D eigenvalue weighted by Crippen LogP contribution is -2.46. The molecule has 0 spiro atoms. The van der Waals surface area contributed by atoms with Crippen LogP contribution < -0.4 is 16.4 Å². The number of aromatic nitrogens is 1. The minimum atomic E-state index is -0.667. The Morgan fingerprint density at radius 1 is 1.18 bits per heavy atom. The monoisotopic (exact) mass is 448 g/mol. The van der Waals surface area contributed by atoms with Gasteiger partial charge in [0.05, 0.1) is 6.04 Å². The van der Waals surface area contributed by atoms with Gasteiger partial charge in [-0.05, 0) is 61.9 Å². The van der Waals surface area contributed by atoms with E-state index in [1.165, 1.54) is 0 Å². The number of nitrogens with one attached hydrogen (secondary N) is 3. The number of rotatable bonds is 6. The van der Waals surface area contributed by atoms with E-state index in [4.69, 9.17) is 5.73 Å². The van der Waals surface area contributed by atoms with E-state index >= 15 is 0 Å². The van der Waals surface area contributed by atoms with Gasteiger partial charge in [-0.15, -0.1) is 0 Å². The Balaban J connectivity index is 0.00000149. The van der Waals surface area contributed by atoms with Crippen LogP contribution in [0.5, 0.6) is 0 Å². The number of carbonyl (C=O) groups is 2. The van der Waals surface area contributed by atoms with Crippen molar-refractivity contribution in [2.24, 2.45) is 10.7 Å². The zero-order valence-electron chi connectivity index (χ0n) is 19.2. The standard InChI is InChI=1S/C23H26N6O2.C2H6/c1-25-21-8-5-11-29(21)22(30)19(24)12-15-14-26-20-10-9-17(13-18(15)20)28-23(31)27-16-6-3-2-4-7-16;1-2/h2-4,6-7,9-10,13-14,19,21,26H,1,5,8,11-12,24H2,(H2,27,28,31);1-2H3. The van der Waals surface area contributed by atoms with Gasteiger partial charge in [0.2, 0.25) is 5.91 Å². The van der Waals surface area contributed by atoms with Crippen LogP contribution in [0.1, 0.15) is 32.3 Å². The van der Waals surface area contributed by atoms with Crippen LogP contribution in [0.15, 0.2) is 59.7 Å². The summed E-state index contributed by atoms with van der Waals surface area (Å²) in [7, 11) is 0. The molecule has 3 amide bonds. The molecular weight excluding hydrogens is 416 g/mol. The minimum Gasteiger partial charge on any atom is -0.361 e. The molecule has 1 aliphatic heterocycles. The summed E-state index contributed by atoms with van der Waals surface area (Å²) in [5.41, 5.74) is 9.45. The van der Waals surface area contributed by atoms with Gasteiger partial charge in [-0.25, -0.2) is 4.79 Å². The fraction of sp³-hybridized carbons (Fsp3) is 0.320. The van der Waals surface area contributed by atoms with E-state index in [1.807, 2.05) is 68.6 Å². The summed E-state index contributed by atoms with van der Waals surface area (Å²) in [6.45, 7) is 8.24. The number of nitrogens with zero attached hydrogens (tertiary/aromatic N) is 2. The quantitative estimate of drug-likeness (QED) is 0.420. The molecule has 1 aliphatic rings. The average Bonchev–Trinajstić information content (AvgIpc) is 3.47. The number of fused-ring (bicyclic) bond motifs is 1. The third-order valence-corrected chi connectivity index (χ3v) is 5.53. The summed E-state index contributed by atoms with van der Waals surface area (Å²) in [5, 5.41) is 6.55. The second-order valence-electron chi connectivity index (χ2n) is 7.67. The highest BCUT2D eigenvalue weighted by Crippen LogP contribution is 2.25. The number of carbonyl (C=O) groups excluding carboxylic acids is 2. The lowest BCUT2D eigenvalue weighted by atomic mass is 10.0. The second-order valence-corrected chi connectivity index (χ2v) is 7.67. The minimum absolute atomic E-state index is 0.110. The Kier molecular flexibility index (Phi) is 8.21. The zero-order valence-corrected chi connectivity index (χ0v) is 19.2. The SMILES string of the molecule is C=NC1CCCN1C(=O)C(N)Cc1c[nH]c2ccc(NC(=O)Nc3ccccc3)cc12.CC. The van der Waals surface area contributed by atoms with Crippen LogP contribution in [0.3, 0.4) is 0 Å². The number of urea groups is 1. The average molecular weight is 449 g/mol. The smallest absolute Gasteiger partial charge is 0.323 e. The van der Waals surface area contributed by atoms with Crippen LogP contribution in [0.2, 0.25) is 0 Å². The number of hydrogen-bond acceptors (Lipinski definition) is 4. The largest absolute Gasteiger partial charge is 0.361 e. The Bertz CT molecular complexity index is 1090. The van der Waals surface area contributed by atoms with Crippen LogP contribution in [0.4, 0.5) is 16.2 Å². The number of nitrogens with two attached hydrogens (primary N) is 1. The normalized spacial score (nSPS) is 16.0. The van der Waals surface area contributed by atoms with Crippen LogP contribution in [-0.2, 0) is 11.2 Å². The summed E-state index contributed by atoms with van der Waals surface area (Å²) in [4.78, 5) is 34.1. The fourth-order valence-corrected chi connectivity index (χ4v) is 3.97. The first-order valence-corrected chi connectivity index (χ1v) is 11.3. The number of H-pyrrole nitrogens is 1. The summed E-state index contributed by atoms with van der Waals surface area (Å²) in [6.07, 6.45) is 3.81. The highest BCUT2D eigenvalue weighted by Gasteiger charge is 2.31. The van der Waals surface area contributed by atoms with Crippen molar-refractivity contribution in [2.45, 2.75) is 45.3 Å². The van der Waals surface area contributed by atoms with Crippen molar-refractivity contribution in [3.8, 4) is 0 Å². The van der Waals surface area contributed by atoms with Crippen molar-refractivity contribution < 1.29 is 9.59 Å². The van der Waals surface area contributed by atoms with Gasteiger partial charge in [0.25, 0.3) is 0 Å². The van der Waals surface area contributed by atoms with Gasteiger partial charge in [0, 0.05) is 35.0 Å². The van der Waals surface area contributed by atoms with Gasteiger partial charge in [0.15, 0.2) is 0 Å². The molecule has 3 aromatic rings. The number of aliphatic imine (C=N–C) groups is 1. The van der Waals surface area contributed by atoms with E-state index in [2.05, 4.69) is 27.3 Å². The van der Waals surface area contributed by atoms with E-state index < -0.39 is 6.04 Å². The number of aromatic amines is 1. The van der Waals surface area contributed by atoms with Gasteiger partial charge in [-0.2, -0.15) is 0 Å². The van der Waals surface area contributed by atoms with Crippen molar-refractivity contribution in [2.75, 3.05) is 17.2 Å². The van der Waals surface area contributed by atoms with Crippen LogP contribution >= 0.6 is 0 Å². The Morgan fingerprint density at radius 2 is 1.91 bits per heavy atom. The maximum absolute atomic E-state index is 12.8. The van der Waals surface area contributed by atoms with Gasteiger partial charge in [0.1, 0.15) is 6.17 Å². The molecule has 1 aromatic heterocycles. The maximum atomic E-state index is 12.8. The molecule has 2 aromatic carbocycles. The third kappa shape index (κ3) is 5.78. The Morgan fingerprint density at radius 3 is 2.64 bits per heavy atom. The molecule has 0 aliphatic carbocycles. The molecule has 4 rings (SSSR count). The van der Waals surface area contributed by atoms with E-state index in [9.17, 15) is 9.59 Å². The van der Waals surface area contributed by atoms with Crippen molar-refractivity contribution >= 4 is 40.9 Å². The van der Waals surface area contributed by atoms with Crippen molar-refractivity contribution in [3.05, 3.63) is 60.3 Å². The van der Waals surface area contributed by atoms with Crippen molar-refractivity contribution in [1.82, 2.24) is 9.88 Å². The predicted octanol–water partition coefficient (Wildman–Crippen LogP) is 4.36. The number of anilines is 2. The predicted molar refractivity (Wildman–Crippen MR) is 135 cm³/mol. The van der Waals surface area contributed by atoms with E-state index in [1.54, 1.807) is 4.90 Å². The third-order valence-electron chi connectivity index (χ3n) is 5.53. The number of hydrogen-bond donors (Lipinski definition) is 4. The van der Waals surface area contributed by atoms with Gasteiger partial charge in [-0.1, -0.05) is 32.0 Å². The molecule has 1 saturated heterocycles. The molecule has 0 radical (unpaired) electrons. The van der Waals surface area contributed by atoms with Crippen LogP contribution in [-0.4, -0.2) is 47.3 Å². The molecule has 5 N–H and O–H groups in total. The zero-order chi connectivity index (χ0) is 23.8. The fourth-order valence-electron chi connectivity index (χ4n) is 3.97. The van der Waals surface area contributed by atoms with Gasteiger partial charge < -0.3 is 26.3 Å². The molecule has 174 valence electrons. The summed E-state index contributed by atoms with van der Waals surface area (Å²) in [6, 6.07) is 13.8. The number of para-hydroxylation sites is 1. The molecule has 0 bridgehead atoms. The first kappa shape index (κ1) is 24.0. The lowest BCUT2D eigenvalue weighted by Gasteiger charge is -2.24. The molecule has 2 heterocycles. The lowest BCUT2D eigenvalue weighted by molar-refractivity contribution is -0.133. The first-order chi connectivity index (χ1) is 16.0. The highest BCUT2D eigenvalue weighted by molar-refractivity contribution is 6.01. The topological polar surface area (TPSA) is 116 Å². The summed E-state index contributed by atoms with van der Waals surface area (Å²) >= 11 is 0. The molecule has 2 atom stereocenters. The van der Waals surface area contributed by atoms with E-state index in [0.717, 1.165) is 29.3 Å². The molecule has 33 heavy (non-hydrogen) atoms. The molecule has 2 unspecified atom stereocenters. The molecular formula is C25H32N6O2. The Hall–Kier alpha value is -3.65. The number of amides is 3. The van der Waals surface area contributed by atoms with Gasteiger partial charge in [-0.3, -0.25) is 9.79 Å². The first-order valence-electron chi connectivity index (χ1n) is 11.3. The maximum Gasteiger partial charge on any atom is 0.323 e. The number of likely N-dealkylation sites (tertiary alicyclic amines) is 1. The van der Waals surface area contributed by atoms with Crippen molar-refractivity contribution in [3.63, 3.8) is 0 Å². The molecule has 8 heteroatoms. The summed E-state index contributed by atoms with van der Waals surface area (Å²) < 4.78 is 0. The number of benzene rings is 2. The molecule has 1 fully saturated rings. The van der Waals surface area contributed by atoms with E-state index in [-0.39, 0.29) is 18.1 Å². The highest BCUT2D eigenvalue weighted by atomic mass is 16.2. The Labute approximate surface area is 194 Å². The second kappa shape index (κ2) is 11.3. The van der Waals surface area contributed by atoms with Gasteiger partial charge >= 0.3 is 6.03 Å². The van der Waals surface area contributed by atoms with Crippen LogP contribution in [0, 0.1) is 0 Å². The molecule has 0 saturated carbocycles. The van der Waals surface area contributed by atoms with E-state index in [0.29, 0.717) is 24.3 Å². The van der Waals surface area contributed by atoms with Crippen molar-refractivity contribution in [1.29, 1.82) is 0 Å². The van der Waals surface area contributed by atoms with Crippen LogP contribution in [0.25, 0.3) is 10.9 Å². The summed E-state index contributed by atoms with van der Waals surface area (Å²) in [5.74, 6) is -0.110.